The molecular formula is C17H33NO3S. The average Bonchev–Trinajstić information content (AvgIpc) is 2.41. The normalized spacial score (nSPS) is 21.0. The lowest BCUT2D eigenvalue weighted by Gasteiger charge is -2.53. The van der Waals surface area contributed by atoms with Crippen molar-refractivity contribution in [2.24, 2.45) is 0 Å². The van der Waals surface area contributed by atoms with Gasteiger partial charge in [0.15, 0.2) is 5.12 Å². The summed E-state index contributed by atoms with van der Waals surface area (Å²) in [4.78, 5) is 14.5. The van der Waals surface area contributed by atoms with Crippen LogP contribution in [0.5, 0.6) is 0 Å². The van der Waals surface area contributed by atoms with Gasteiger partial charge in [-0.1, -0.05) is 11.8 Å². The number of thioether (sulfide) groups is 1. The number of hydrogen-bond donors (Lipinski definition) is 1. The fourth-order valence-corrected chi connectivity index (χ4v) is 4.20. The minimum Gasteiger partial charge on any atom is -0.394 e. The molecule has 130 valence electrons. The number of carbonyl (C=O) groups excluding carboxylic acids is 1. The van der Waals surface area contributed by atoms with Gasteiger partial charge in [0, 0.05) is 23.3 Å². The summed E-state index contributed by atoms with van der Waals surface area (Å²) in [5.74, 6) is 0.680. The fraction of sp³-hybridized carbons (Fsp3) is 0.941. The van der Waals surface area contributed by atoms with Crippen molar-refractivity contribution in [3.8, 4) is 0 Å². The van der Waals surface area contributed by atoms with Crippen LogP contribution in [0.25, 0.3) is 0 Å². The molecule has 5 heteroatoms. The summed E-state index contributed by atoms with van der Waals surface area (Å²) in [7, 11) is 0. The van der Waals surface area contributed by atoms with Crippen LogP contribution in [0.15, 0.2) is 0 Å². The highest BCUT2D eigenvalue weighted by atomic mass is 32.2. The van der Waals surface area contributed by atoms with Crippen LogP contribution in [0.2, 0.25) is 0 Å². The van der Waals surface area contributed by atoms with E-state index < -0.39 is 0 Å². The third-order valence-electron chi connectivity index (χ3n) is 4.53. The summed E-state index contributed by atoms with van der Waals surface area (Å²) in [6, 6.07) is 0. The third kappa shape index (κ3) is 6.57. The Labute approximate surface area is 140 Å². The maximum absolute atomic E-state index is 11.9. The summed E-state index contributed by atoms with van der Waals surface area (Å²) in [6.07, 6.45) is 5.32. The molecule has 0 aliphatic carbocycles. The van der Waals surface area contributed by atoms with Gasteiger partial charge in [0.25, 0.3) is 0 Å². The maximum Gasteiger partial charge on any atom is 0.189 e. The Kier molecular flexibility index (Phi) is 8.39. The zero-order valence-electron chi connectivity index (χ0n) is 14.7. The van der Waals surface area contributed by atoms with E-state index in [0.717, 1.165) is 13.0 Å². The molecule has 1 heterocycles. The van der Waals surface area contributed by atoms with Crippen LogP contribution in [0.4, 0.5) is 0 Å². The Balaban J connectivity index is 2.25. The second kappa shape index (κ2) is 9.26. The first-order valence-corrected chi connectivity index (χ1v) is 9.40. The van der Waals surface area contributed by atoms with Gasteiger partial charge in [0.2, 0.25) is 0 Å². The minimum absolute atomic E-state index is 0.0417. The Bertz CT molecular complexity index is 329. The molecule has 4 nitrogen and oxygen atoms in total. The number of likely N-dealkylation sites (tertiary alicyclic amines) is 1. The van der Waals surface area contributed by atoms with E-state index in [-0.39, 0.29) is 22.8 Å². The van der Waals surface area contributed by atoms with Crippen LogP contribution in [-0.4, -0.2) is 58.3 Å². The molecule has 22 heavy (non-hydrogen) atoms. The van der Waals surface area contributed by atoms with Gasteiger partial charge in [-0.2, -0.15) is 0 Å². The molecule has 0 unspecified atom stereocenters. The molecular weight excluding hydrogens is 298 g/mol. The van der Waals surface area contributed by atoms with E-state index in [4.69, 9.17) is 9.84 Å². The van der Waals surface area contributed by atoms with E-state index in [1.165, 1.54) is 31.0 Å². The van der Waals surface area contributed by atoms with Gasteiger partial charge >= 0.3 is 0 Å². The number of nitrogens with zero attached hydrogens (tertiary/aromatic N) is 1. The molecule has 1 rings (SSSR count). The van der Waals surface area contributed by atoms with Gasteiger partial charge < -0.3 is 9.84 Å². The van der Waals surface area contributed by atoms with Crippen molar-refractivity contribution in [2.45, 2.75) is 70.9 Å². The molecule has 1 saturated heterocycles. The summed E-state index contributed by atoms with van der Waals surface area (Å²) in [6.45, 7) is 11.2. The number of rotatable bonds is 9. The van der Waals surface area contributed by atoms with E-state index in [1.54, 1.807) is 0 Å². The molecule has 0 aromatic carbocycles. The summed E-state index contributed by atoms with van der Waals surface area (Å²) >= 11 is 1.35. The molecule has 1 aliphatic heterocycles. The van der Waals surface area contributed by atoms with Crippen LogP contribution < -0.4 is 0 Å². The minimum atomic E-state index is 0.0417. The first-order valence-electron chi connectivity index (χ1n) is 8.41. The summed E-state index contributed by atoms with van der Waals surface area (Å²) in [5.41, 5.74) is 0.464. The van der Waals surface area contributed by atoms with Crippen LogP contribution in [0.3, 0.4) is 0 Å². The molecule has 0 saturated carbocycles. The highest BCUT2D eigenvalue weighted by molar-refractivity contribution is 8.13. The largest absolute Gasteiger partial charge is 0.394 e. The maximum atomic E-state index is 11.9. The molecule has 0 radical (unpaired) electrons. The van der Waals surface area contributed by atoms with Gasteiger partial charge in [-0.05, 0) is 59.9 Å². The van der Waals surface area contributed by atoms with Crippen LogP contribution in [-0.2, 0) is 9.53 Å². The Hall–Kier alpha value is -0.100. The van der Waals surface area contributed by atoms with E-state index >= 15 is 0 Å². The molecule has 0 spiro atoms. The number of carbonyl (C=O) groups is 1. The van der Waals surface area contributed by atoms with Gasteiger partial charge in [-0.3, -0.25) is 9.69 Å². The number of aliphatic hydroxyl groups excluding tert-OH is 1. The predicted octanol–water partition coefficient (Wildman–Crippen LogP) is 3.08. The second-order valence-electron chi connectivity index (χ2n) is 7.29. The molecule has 1 fully saturated rings. The van der Waals surface area contributed by atoms with E-state index in [0.29, 0.717) is 25.4 Å². The van der Waals surface area contributed by atoms with Gasteiger partial charge in [0.05, 0.1) is 19.8 Å². The average molecular weight is 332 g/mol. The Morgan fingerprint density at radius 2 is 1.82 bits per heavy atom. The Morgan fingerprint density at radius 3 is 2.41 bits per heavy atom. The van der Waals surface area contributed by atoms with Crippen molar-refractivity contribution < 1.29 is 14.6 Å². The van der Waals surface area contributed by atoms with E-state index in [9.17, 15) is 4.79 Å². The number of aliphatic hydroxyl groups is 1. The van der Waals surface area contributed by atoms with E-state index in [1.807, 2.05) is 0 Å². The van der Waals surface area contributed by atoms with E-state index in [2.05, 4.69) is 32.6 Å². The highest BCUT2D eigenvalue weighted by Gasteiger charge is 2.40. The van der Waals surface area contributed by atoms with Crippen molar-refractivity contribution >= 4 is 16.9 Å². The molecule has 0 atom stereocenters. The van der Waals surface area contributed by atoms with Gasteiger partial charge in [-0.25, -0.2) is 0 Å². The second-order valence-corrected chi connectivity index (χ2v) is 8.44. The highest BCUT2D eigenvalue weighted by Crippen LogP contribution is 2.38. The zero-order chi connectivity index (χ0) is 16.6. The lowest BCUT2D eigenvalue weighted by molar-refractivity contribution is -0.111. The van der Waals surface area contributed by atoms with Crippen molar-refractivity contribution in [1.82, 2.24) is 4.90 Å². The molecule has 0 bridgehead atoms. The van der Waals surface area contributed by atoms with Crippen LogP contribution >= 0.6 is 11.8 Å². The monoisotopic (exact) mass is 331 g/mol. The quantitative estimate of drug-likeness (QED) is 0.658. The van der Waals surface area contributed by atoms with Crippen LogP contribution in [0.1, 0.15) is 59.8 Å². The first kappa shape index (κ1) is 19.9. The number of ether oxygens (including phenoxy) is 1. The van der Waals surface area contributed by atoms with Crippen molar-refractivity contribution in [2.75, 3.05) is 32.1 Å². The fourth-order valence-electron chi connectivity index (χ4n) is 3.48. The van der Waals surface area contributed by atoms with Gasteiger partial charge in [0.1, 0.15) is 0 Å². The molecule has 0 aromatic rings. The molecule has 1 aliphatic rings. The number of piperidine rings is 1. The lowest BCUT2D eigenvalue weighted by atomic mass is 9.79. The van der Waals surface area contributed by atoms with Crippen molar-refractivity contribution in [3.63, 3.8) is 0 Å². The van der Waals surface area contributed by atoms with Crippen LogP contribution in [0, 0.1) is 0 Å². The SMILES string of the molecule is CC1(C)CCCC(C)(C)N1CCCC(=O)SCCOCCO. The van der Waals surface area contributed by atoms with Gasteiger partial charge in [-0.15, -0.1) is 0 Å². The smallest absolute Gasteiger partial charge is 0.189 e. The van der Waals surface area contributed by atoms with Crippen molar-refractivity contribution in [1.29, 1.82) is 0 Å². The first-order chi connectivity index (χ1) is 10.3. The molecule has 0 aromatic heterocycles. The summed E-state index contributed by atoms with van der Waals surface area (Å²) < 4.78 is 5.16. The molecule has 0 amide bonds. The predicted molar refractivity (Wildman–Crippen MR) is 93.3 cm³/mol. The zero-order valence-corrected chi connectivity index (χ0v) is 15.5. The molecule has 1 N–H and O–H groups in total. The number of hydrogen-bond acceptors (Lipinski definition) is 5. The third-order valence-corrected chi connectivity index (χ3v) is 5.42. The Morgan fingerprint density at radius 1 is 1.18 bits per heavy atom. The summed E-state index contributed by atoms with van der Waals surface area (Å²) in [5, 5.41) is 8.85. The lowest BCUT2D eigenvalue weighted by Crippen LogP contribution is -2.58. The van der Waals surface area contributed by atoms with Crippen molar-refractivity contribution in [3.05, 3.63) is 0 Å². The standard InChI is InChI=1S/C17H33NO3S/c1-16(2)8-6-9-17(3,4)18(16)10-5-7-15(20)22-14-13-21-12-11-19/h19H,5-14H2,1-4H3. The topological polar surface area (TPSA) is 49.8 Å².